The molecule has 0 amide bonds. The zero-order chi connectivity index (χ0) is 13.4. The lowest BCUT2D eigenvalue weighted by molar-refractivity contribution is 1.12. The molecule has 1 heterocycles. The van der Waals surface area contributed by atoms with Crippen LogP contribution in [0.2, 0.25) is 0 Å². The summed E-state index contributed by atoms with van der Waals surface area (Å²) in [5.74, 6) is 0. The second kappa shape index (κ2) is 4.42. The summed E-state index contributed by atoms with van der Waals surface area (Å²) in [4.78, 5) is 0. The van der Waals surface area contributed by atoms with E-state index in [9.17, 15) is 0 Å². The predicted octanol–water partition coefficient (Wildman–Crippen LogP) is 4.45. The third-order valence-corrected chi connectivity index (χ3v) is 3.56. The number of rotatable bonds is 1. The first-order chi connectivity index (χ1) is 9.92. The molecule has 0 aliphatic rings. The van der Waals surface area contributed by atoms with Crippen molar-refractivity contribution >= 4 is 21.8 Å². The van der Waals surface area contributed by atoms with Gasteiger partial charge in [0.25, 0.3) is 0 Å². The van der Waals surface area contributed by atoms with Crippen LogP contribution < -0.4 is 0 Å². The van der Waals surface area contributed by atoms with E-state index in [-0.39, 0.29) is 0 Å². The lowest BCUT2D eigenvalue weighted by atomic mass is 10.0. The molecule has 2 heteroatoms. The molecule has 2 nitrogen and oxygen atoms in total. The van der Waals surface area contributed by atoms with Crippen molar-refractivity contribution in [3.8, 4) is 11.1 Å². The zero-order valence-corrected chi connectivity index (χ0v) is 10.8. The van der Waals surface area contributed by atoms with Crippen molar-refractivity contribution < 1.29 is 0 Å². The SMILES string of the molecule is c1ccc(-c2ccc3c(c2)nnc2ccccc23)cc1. The minimum Gasteiger partial charge on any atom is -0.150 e. The molecule has 0 saturated carbocycles. The highest BCUT2D eigenvalue weighted by atomic mass is 15.1. The van der Waals surface area contributed by atoms with Gasteiger partial charge in [0, 0.05) is 10.8 Å². The molecular formula is C18H12N2. The number of fused-ring (bicyclic) bond motifs is 3. The summed E-state index contributed by atoms with van der Waals surface area (Å²) in [5, 5.41) is 10.9. The summed E-state index contributed by atoms with van der Waals surface area (Å²) in [6.45, 7) is 0. The summed E-state index contributed by atoms with van der Waals surface area (Å²) < 4.78 is 0. The van der Waals surface area contributed by atoms with Crippen molar-refractivity contribution in [2.75, 3.05) is 0 Å². The standard InChI is InChI=1S/C18H12N2/c1-2-6-13(7-3-1)14-10-11-16-15-8-4-5-9-17(15)19-20-18(16)12-14/h1-12H. The van der Waals surface area contributed by atoms with Gasteiger partial charge in [-0.2, -0.15) is 0 Å². The van der Waals surface area contributed by atoms with Crippen LogP contribution in [0, 0.1) is 0 Å². The second-order valence-electron chi connectivity index (χ2n) is 4.82. The normalized spacial score (nSPS) is 11.0. The van der Waals surface area contributed by atoms with E-state index in [1.165, 1.54) is 11.1 Å². The summed E-state index contributed by atoms with van der Waals surface area (Å²) in [6, 6.07) is 24.8. The Labute approximate surface area is 116 Å². The fourth-order valence-electron chi connectivity index (χ4n) is 2.55. The summed E-state index contributed by atoms with van der Waals surface area (Å²) in [5.41, 5.74) is 4.24. The number of hydrogen-bond donors (Lipinski definition) is 0. The average molecular weight is 256 g/mol. The van der Waals surface area contributed by atoms with E-state index in [4.69, 9.17) is 0 Å². The third kappa shape index (κ3) is 1.74. The molecule has 0 spiro atoms. The number of nitrogens with zero attached hydrogens (tertiary/aromatic N) is 2. The molecule has 0 atom stereocenters. The van der Waals surface area contributed by atoms with Crippen LogP contribution in [0.3, 0.4) is 0 Å². The Morgan fingerprint density at radius 3 is 2.10 bits per heavy atom. The first kappa shape index (κ1) is 11.1. The summed E-state index contributed by atoms with van der Waals surface area (Å²) >= 11 is 0. The second-order valence-corrected chi connectivity index (χ2v) is 4.82. The minimum atomic E-state index is 0.935. The summed E-state index contributed by atoms with van der Waals surface area (Å²) in [6.07, 6.45) is 0. The van der Waals surface area contributed by atoms with Gasteiger partial charge < -0.3 is 0 Å². The van der Waals surface area contributed by atoms with Gasteiger partial charge in [0.1, 0.15) is 0 Å². The Hall–Kier alpha value is -2.74. The summed E-state index contributed by atoms with van der Waals surface area (Å²) in [7, 11) is 0. The molecule has 4 aromatic rings. The zero-order valence-electron chi connectivity index (χ0n) is 10.8. The van der Waals surface area contributed by atoms with Gasteiger partial charge in [-0.05, 0) is 23.3 Å². The number of hydrogen-bond acceptors (Lipinski definition) is 2. The fraction of sp³-hybridized carbons (Fsp3) is 0. The molecule has 0 fully saturated rings. The highest BCUT2D eigenvalue weighted by molar-refractivity contribution is 6.04. The van der Waals surface area contributed by atoms with E-state index in [0.717, 1.165) is 21.8 Å². The fourth-order valence-corrected chi connectivity index (χ4v) is 2.55. The van der Waals surface area contributed by atoms with Crippen LogP contribution in [-0.4, -0.2) is 10.2 Å². The smallest absolute Gasteiger partial charge is 0.0942 e. The van der Waals surface area contributed by atoms with Crippen molar-refractivity contribution in [1.29, 1.82) is 0 Å². The van der Waals surface area contributed by atoms with Gasteiger partial charge in [-0.3, -0.25) is 0 Å². The molecule has 0 aliphatic carbocycles. The third-order valence-electron chi connectivity index (χ3n) is 3.56. The molecule has 0 bridgehead atoms. The van der Waals surface area contributed by atoms with Crippen molar-refractivity contribution in [3.63, 3.8) is 0 Å². The van der Waals surface area contributed by atoms with Crippen LogP contribution in [0.4, 0.5) is 0 Å². The monoisotopic (exact) mass is 256 g/mol. The molecule has 0 N–H and O–H groups in total. The Morgan fingerprint density at radius 1 is 0.500 bits per heavy atom. The molecule has 0 unspecified atom stereocenters. The van der Waals surface area contributed by atoms with Crippen molar-refractivity contribution in [1.82, 2.24) is 10.2 Å². The van der Waals surface area contributed by atoms with Crippen LogP contribution >= 0.6 is 0 Å². The largest absolute Gasteiger partial charge is 0.150 e. The maximum Gasteiger partial charge on any atom is 0.0942 e. The number of aromatic nitrogens is 2. The molecule has 0 saturated heterocycles. The first-order valence-electron chi connectivity index (χ1n) is 6.62. The first-order valence-corrected chi connectivity index (χ1v) is 6.62. The maximum atomic E-state index is 4.35. The Morgan fingerprint density at radius 2 is 1.20 bits per heavy atom. The lowest BCUT2D eigenvalue weighted by Crippen LogP contribution is -1.88. The van der Waals surface area contributed by atoms with E-state index >= 15 is 0 Å². The molecule has 0 radical (unpaired) electrons. The van der Waals surface area contributed by atoms with E-state index in [0.29, 0.717) is 0 Å². The maximum absolute atomic E-state index is 4.35. The van der Waals surface area contributed by atoms with Gasteiger partial charge in [-0.1, -0.05) is 60.7 Å². The molecule has 1 aromatic heterocycles. The Balaban J connectivity index is 1.99. The number of benzene rings is 3. The Bertz CT molecular complexity index is 899. The quantitative estimate of drug-likeness (QED) is 0.470. The van der Waals surface area contributed by atoms with Crippen molar-refractivity contribution in [2.45, 2.75) is 0 Å². The minimum absolute atomic E-state index is 0.935. The molecule has 94 valence electrons. The molecule has 0 aliphatic heterocycles. The highest BCUT2D eigenvalue weighted by Crippen LogP contribution is 2.26. The van der Waals surface area contributed by atoms with Crippen LogP contribution in [0.5, 0.6) is 0 Å². The van der Waals surface area contributed by atoms with E-state index in [1.807, 2.05) is 36.4 Å². The molecule has 20 heavy (non-hydrogen) atoms. The van der Waals surface area contributed by atoms with Gasteiger partial charge in [0.15, 0.2) is 0 Å². The van der Waals surface area contributed by atoms with Crippen LogP contribution in [-0.2, 0) is 0 Å². The van der Waals surface area contributed by atoms with Gasteiger partial charge in [-0.15, -0.1) is 10.2 Å². The van der Waals surface area contributed by atoms with Gasteiger partial charge >= 0.3 is 0 Å². The van der Waals surface area contributed by atoms with Gasteiger partial charge in [-0.25, -0.2) is 0 Å². The Kier molecular flexibility index (Phi) is 2.46. The van der Waals surface area contributed by atoms with Gasteiger partial charge in [0.05, 0.1) is 11.0 Å². The average Bonchev–Trinajstić information content (AvgIpc) is 2.55. The van der Waals surface area contributed by atoms with Gasteiger partial charge in [0.2, 0.25) is 0 Å². The highest BCUT2D eigenvalue weighted by Gasteiger charge is 2.04. The van der Waals surface area contributed by atoms with Crippen LogP contribution in [0.1, 0.15) is 0 Å². The predicted molar refractivity (Wildman–Crippen MR) is 82.5 cm³/mol. The molecule has 4 rings (SSSR count). The molecule has 3 aromatic carbocycles. The molecular weight excluding hydrogens is 244 g/mol. The van der Waals surface area contributed by atoms with Crippen molar-refractivity contribution in [2.24, 2.45) is 0 Å². The van der Waals surface area contributed by atoms with E-state index in [2.05, 4.69) is 46.6 Å². The van der Waals surface area contributed by atoms with Crippen LogP contribution in [0.25, 0.3) is 32.9 Å². The van der Waals surface area contributed by atoms with E-state index in [1.54, 1.807) is 0 Å². The topological polar surface area (TPSA) is 25.8 Å². The van der Waals surface area contributed by atoms with E-state index < -0.39 is 0 Å². The van der Waals surface area contributed by atoms with Crippen LogP contribution in [0.15, 0.2) is 72.8 Å². The van der Waals surface area contributed by atoms with Crippen molar-refractivity contribution in [3.05, 3.63) is 72.8 Å². The lowest BCUT2D eigenvalue weighted by Gasteiger charge is -2.05.